The van der Waals surface area contributed by atoms with Crippen LogP contribution in [-0.2, 0) is 0 Å². The van der Waals surface area contributed by atoms with Crippen molar-refractivity contribution in [3.05, 3.63) is 0 Å². The molecule has 106 valence electrons. The van der Waals surface area contributed by atoms with E-state index in [-0.39, 0.29) is 0 Å². The number of hydrogen-bond donors (Lipinski definition) is 2. The third-order valence-electron chi connectivity index (χ3n) is 3.32. The molecule has 1 fully saturated rings. The first-order chi connectivity index (χ1) is 9.31. The van der Waals surface area contributed by atoms with Crippen molar-refractivity contribution in [1.82, 2.24) is 20.2 Å². The third-order valence-corrected chi connectivity index (χ3v) is 4.34. The van der Waals surface area contributed by atoms with E-state index in [9.17, 15) is 0 Å². The maximum atomic E-state index is 8.43. The first-order valence-electron chi connectivity index (χ1n) is 6.68. The molecule has 0 amide bonds. The summed E-state index contributed by atoms with van der Waals surface area (Å²) in [7, 11) is 0. The van der Waals surface area contributed by atoms with E-state index in [0.717, 1.165) is 23.8 Å². The van der Waals surface area contributed by atoms with Crippen LogP contribution in [0.3, 0.4) is 0 Å². The predicted octanol–water partition coefficient (Wildman–Crippen LogP) is 1.80. The average molecular weight is 284 g/mol. The first-order valence-corrected chi connectivity index (χ1v) is 7.67. The van der Waals surface area contributed by atoms with Gasteiger partial charge in [0.05, 0.1) is 6.04 Å². The molecule has 0 unspecified atom stereocenters. The van der Waals surface area contributed by atoms with Gasteiger partial charge < -0.3 is 10.9 Å². The van der Waals surface area contributed by atoms with Gasteiger partial charge >= 0.3 is 0 Å². The smallest absolute Gasteiger partial charge is 0.209 e. The number of unbranched alkanes of at least 4 members (excludes halogenated alkanes) is 1. The summed E-state index contributed by atoms with van der Waals surface area (Å²) in [6, 6.07) is 0.481. The molecule has 1 aliphatic rings. The lowest BCUT2D eigenvalue weighted by Crippen LogP contribution is -2.11. The van der Waals surface area contributed by atoms with Crippen LogP contribution in [-0.4, -0.2) is 37.0 Å². The molecule has 0 spiro atoms. The summed E-state index contributed by atoms with van der Waals surface area (Å²) in [6.07, 6.45) is 7.45. The van der Waals surface area contributed by atoms with Crippen LogP contribution in [0.1, 0.15) is 51.0 Å². The molecule has 0 radical (unpaired) electrons. The highest BCUT2D eigenvalue weighted by atomic mass is 32.2. The number of oxime groups is 1. The van der Waals surface area contributed by atoms with Crippen LogP contribution in [0.2, 0.25) is 0 Å². The second-order valence-electron chi connectivity index (χ2n) is 4.74. The number of hydrogen-bond acceptors (Lipinski definition) is 6. The van der Waals surface area contributed by atoms with E-state index in [1.54, 1.807) is 11.8 Å². The highest BCUT2D eigenvalue weighted by molar-refractivity contribution is 7.99. The molecule has 7 nitrogen and oxygen atoms in total. The van der Waals surface area contributed by atoms with Crippen molar-refractivity contribution in [3.8, 4) is 0 Å². The molecule has 0 aromatic carbocycles. The Kier molecular flexibility index (Phi) is 5.44. The molecule has 1 heterocycles. The minimum absolute atomic E-state index is 0.292. The Balaban J connectivity index is 1.72. The van der Waals surface area contributed by atoms with E-state index in [1.807, 2.05) is 4.68 Å². The van der Waals surface area contributed by atoms with Gasteiger partial charge in [-0.25, -0.2) is 4.68 Å². The molecule has 0 saturated heterocycles. The number of rotatable bonds is 7. The number of nitrogens with zero attached hydrogens (tertiary/aromatic N) is 5. The fourth-order valence-corrected chi connectivity index (χ4v) is 3.22. The van der Waals surface area contributed by atoms with Gasteiger partial charge in [0.2, 0.25) is 5.16 Å². The lowest BCUT2D eigenvalue weighted by atomic mass is 10.2. The lowest BCUT2D eigenvalue weighted by molar-refractivity contribution is 0.316. The Labute approximate surface area is 116 Å². The third kappa shape index (κ3) is 4.09. The fourth-order valence-electron chi connectivity index (χ4n) is 2.28. The van der Waals surface area contributed by atoms with Gasteiger partial charge in [0.1, 0.15) is 5.84 Å². The summed E-state index contributed by atoms with van der Waals surface area (Å²) >= 11 is 1.68. The number of tetrazole rings is 1. The van der Waals surface area contributed by atoms with Crippen molar-refractivity contribution in [2.75, 3.05) is 5.75 Å². The topological polar surface area (TPSA) is 102 Å². The zero-order chi connectivity index (χ0) is 13.5. The number of aromatic nitrogens is 4. The van der Waals surface area contributed by atoms with Gasteiger partial charge in [-0.2, -0.15) is 0 Å². The molecule has 1 aromatic heterocycles. The Morgan fingerprint density at radius 1 is 1.42 bits per heavy atom. The van der Waals surface area contributed by atoms with Gasteiger partial charge in [-0.05, 0) is 36.1 Å². The maximum absolute atomic E-state index is 8.43. The molecule has 0 atom stereocenters. The average Bonchev–Trinajstić information content (AvgIpc) is 3.08. The molecule has 8 heteroatoms. The van der Waals surface area contributed by atoms with E-state index in [1.165, 1.54) is 25.7 Å². The number of nitrogens with two attached hydrogens (primary N) is 1. The second kappa shape index (κ2) is 7.32. The van der Waals surface area contributed by atoms with Gasteiger partial charge in [0.15, 0.2) is 0 Å². The monoisotopic (exact) mass is 284 g/mol. The van der Waals surface area contributed by atoms with Crippen molar-refractivity contribution < 1.29 is 5.21 Å². The zero-order valence-electron chi connectivity index (χ0n) is 10.9. The van der Waals surface area contributed by atoms with Gasteiger partial charge in [-0.15, -0.1) is 5.10 Å². The molecule has 1 aliphatic carbocycles. The summed E-state index contributed by atoms with van der Waals surface area (Å²) in [6.45, 7) is 0. The van der Waals surface area contributed by atoms with E-state index in [4.69, 9.17) is 10.9 Å². The van der Waals surface area contributed by atoms with Crippen molar-refractivity contribution in [2.45, 2.75) is 56.1 Å². The Morgan fingerprint density at radius 3 is 2.95 bits per heavy atom. The molecular formula is C11H20N6OS. The Bertz CT molecular complexity index is 415. The van der Waals surface area contributed by atoms with Crippen LogP contribution < -0.4 is 5.73 Å². The minimum atomic E-state index is 0.292. The molecule has 2 rings (SSSR count). The van der Waals surface area contributed by atoms with Crippen LogP contribution in [0.5, 0.6) is 0 Å². The largest absolute Gasteiger partial charge is 0.409 e. The van der Waals surface area contributed by atoms with Crippen LogP contribution in [0.4, 0.5) is 0 Å². The van der Waals surface area contributed by atoms with Gasteiger partial charge in [0.25, 0.3) is 0 Å². The van der Waals surface area contributed by atoms with Crippen molar-refractivity contribution in [1.29, 1.82) is 0 Å². The van der Waals surface area contributed by atoms with Crippen LogP contribution >= 0.6 is 11.8 Å². The Hall–Kier alpha value is -1.31. The van der Waals surface area contributed by atoms with Crippen LogP contribution in [0.15, 0.2) is 10.3 Å². The quantitative estimate of drug-likeness (QED) is 0.198. The molecule has 1 aromatic rings. The molecule has 3 N–H and O–H groups in total. The summed E-state index contributed by atoms with van der Waals surface area (Å²) in [5.41, 5.74) is 5.41. The normalized spacial score (nSPS) is 17.2. The zero-order valence-corrected chi connectivity index (χ0v) is 11.7. The van der Waals surface area contributed by atoms with Gasteiger partial charge in [-0.1, -0.05) is 29.8 Å². The minimum Gasteiger partial charge on any atom is -0.409 e. The highest BCUT2D eigenvalue weighted by Gasteiger charge is 2.21. The molecule has 0 aliphatic heterocycles. The van der Waals surface area contributed by atoms with E-state index >= 15 is 0 Å². The summed E-state index contributed by atoms with van der Waals surface area (Å²) < 4.78 is 1.97. The maximum Gasteiger partial charge on any atom is 0.209 e. The van der Waals surface area contributed by atoms with Gasteiger partial charge in [-0.3, -0.25) is 0 Å². The molecular weight excluding hydrogens is 264 g/mol. The van der Waals surface area contributed by atoms with Crippen LogP contribution in [0, 0.1) is 0 Å². The first kappa shape index (κ1) is 14.1. The van der Waals surface area contributed by atoms with E-state index < -0.39 is 0 Å². The molecule has 1 saturated carbocycles. The second-order valence-corrected chi connectivity index (χ2v) is 5.80. The fraction of sp³-hybridized carbons (Fsp3) is 0.818. The molecule has 0 bridgehead atoms. The van der Waals surface area contributed by atoms with Crippen molar-refractivity contribution in [2.24, 2.45) is 10.9 Å². The van der Waals surface area contributed by atoms with Crippen molar-refractivity contribution >= 4 is 17.6 Å². The summed E-state index contributed by atoms with van der Waals surface area (Å²) in [5.74, 6) is 1.24. The summed E-state index contributed by atoms with van der Waals surface area (Å²) in [5, 5.41) is 24.3. The predicted molar refractivity (Wildman–Crippen MR) is 73.3 cm³/mol. The number of amidine groups is 1. The SMILES string of the molecule is N/C(CCCCSc1nnnn1C1CCCC1)=N/O. The molecule has 19 heavy (non-hydrogen) atoms. The van der Waals surface area contributed by atoms with Gasteiger partial charge in [0, 0.05) is 12.2 Å². The summed E-state index contributed by atoms with van der Waals surface area (Å²) in [4.78, 5) is 0. The van der Waals surface area contributed by atoms with Crippen molar-refractivity contribution in [3.63, 3.8) is 0 Å². The number of thioether (sulfide) groups is 1. The highest BCUT2D eigenvalue weighted by Crippen LogP contribution is 2.31. The van der Waals surface area contributed by atoms with Crippen LogP contribution in [0.25, 0.3) is 0 Å². The van der Waals surface area contributed by atoms with E-state index in [2.05, 4.69) is 20.7 Å². The Morgan fingerprint density at radius 2 is 2.21 bits per heavy atom. The van der Waals surface area contributed by atoms with E-state index in [0.29, 0.717) is 18.3 Å². The lowest BCUT2D eigenvalue weighted by Gasteiger charge is -2.10. The standard InChI is InChI=1S/C11H20N6OS/c12-10(14-18)7-3-4-8-19-11-13-15-16-17(11)9-5-1-2-6-9/h9,18H,1-8H2,(H2,12,14).